The van der Waals surface area contributed by atoms with E-state index in [9.17, 15) is 13.2 Å². The van der Waals surface area contributed by atoms with Crippen LogP contribution in [0.15, 0.2) is 24.3 Å². The summed E-state index contributed by atoms with van der Waals surface area (Å²) in [5, 5.41) is 3.18. The molecule has 1 aromatic carbocycles. The normalized spacial score (nSPS) is 11.7. The van der Waals surface area contributed by atoms with E-state index in [0.29, 0.717) is 25.4 Å². The third-order valence-corrected chi connectivity index (χ3v) is 2.87. The summed E-state index contributed by atoms with van der Waals surface area (Å²) < 4.78 is 42.2. The Morgan fingerprint density at radius 3 is 2.35 bits per heavy atom. The van der Waals surface area contributed by atoms with E-state index in [4.69, 9.17) is 4.74 Å². The molecule has 114 valence electrons. The molecule has 1 N–H and O–H groups in total. The average Bonchev–Trinajstić information content (AvgIpc) is 2.41. The molecule has 0 aliphatic heterocycles. The van der Waals surface area contributed by atoms with Gasteiger partial charge in [-0.1, -0.05) is 12.1 Å². The van der Waals surface area contributed by atoms with Crippen LogP contribution in [0.2, 0.25) is 0 Å². The van der Waals surface area contributed by atoms with Gasteiger partial charge in [-0.25, -0.2) is 0 Å². The predicted molar refractivity (Wildman–Crippen MR) is 74.0 cm³/mol. The van der Waals surface area contributed by atoms with Crippen molar-refractivity contribution in [1.29, 1.82) is 0 Å². The van der Waals surface area contributed by atoms with E-state index in [2.05, 4.69) is 5.32 Å². The Hall–Kier alpha value is -1.27. The Labute approximate surface area is 117 Å². The van der Waals surface area contributed by atoms with Gasteiger partial charge in [0.1, 0.15) is 6.54 Å². The number of hydrogen-bond donors (Lipinski definition) is 1. The molecule has 0 heterocycles. The van der Waals surface area contributed by atoms with Crippen molar-refractivity contribution in [1.82, 2.24) is 5.32 Å². The number of anilines is 1. The average molecular weight is 290 g/mol. The summed E-state index contributed by atoms with van der Waals surface area (Å²) in [6.45, 7) is 3.17. The molecule has 0 saturated heterocycles. The fourth-order valence-electron chi connectivity index (χ4n) is 1.83. The second-order valence-corrected chi connectivity index (χ2v) is 4.47. The number of nitrogens with zero attached hydrogens (tertiary/aromatic N) is 1. The molecule has 0 aromatic heterocycles. The highest BCUT2D eigenvalue weighted by Crippen LogP contribution is 2.22. The molecule has 0 atom stereocenters. The molecule has 1 rings (SSSR count). The number of methoxy groups -OCH3 is 1. The molecule has 0 unspecified atom stereocenters. The lowest BCUT2D eigenvalue weighted by Gasteiger charge is -2.24. The van der Waals surface area contributed by atoms with Gasteiger partial charge in [-0.2, -0.15) is 13.2 Å². The van der Waals surface area contributed by atoms with E-state index in [1.165, 1.54) is 4.90 Å². The third kappa shape index (κ3) is 6.25. The first-order chi connectivity index (χ1) is 9.46. The maximum atomic E-state index is 12.4. The first kappa shape index (κ1) is 16.8. The van der Waals surface area contributed by atoms with E-state index >= 15 is 0 Å². The highest BCUT2D eigenvalue weighted by Gasteiger charge is 2.30. The first-order valence-corrected chi connectivity index (χ1v) is 6.56. The lowest BCUT2D eigenvalue weighted by molar-refractivity contribution is -0.119. The van der Waals surface area contributed by atoms with Crippen molar-refractivity contribution in [3.63, 3.8) is 0 Å². The maximum absolute atomic E-state index is 12.4. The number of alkyl halides is 3. The monoisotopic (exact) mass is 290 g/mol. The zero-order valence-electron chi connectivity index (χ0n) is 11.8. The SMILES string of the molecule is CCN(CC(F)(F)F)c1ccc(CNCCOC)cc1. The smallest absolute Gasteiger partial charge is 0.383 e. The van der Waals surface area contributed by atoms with Crippen LogP contribution in [0.5, 0.6) is 0 Å². The van der Waals surface area contributed by atoms with Crippen molar-refractivity contribution in [3.05, 3.63) is 29.8 Å². The number of halogens is 3. The Balaban J connectivity index is 2.55. The van der Waals surface area contributed by atoms with Gasteiger partial charge in [-0.15, -0.1) is 0 Å². The molecule has 0 amide bonds. The van der Waals surface area contributed by atoms with Crippen LogP contribution < -0.4 is 10.2 Å². The minimum atomic E-state index is -4.18. The fourth-order valence-corrected chi connectivity index (χ4v) is 1.83. The summed E-state index contributed by atoms with van der Waals surface area (Å²) >= 11 is 0. The molecule has 20 heavy (non-hydrogen) atoms. The van der Waals surface area contributed by atoms with E-state index in [-0.39, 0.29) is 0 Å². The fraction of sp³-hybridized carbons (Fsp3) is 0.571. The second kappa shape index (κ2) is 8.11. The van der Waals surface area contributed by atoms with Gasteiger partial charge in [0.2, 0.25) is 0 Å². The minimum Gasteiger partial charge on any atom is -0.383 e. The van der Waals surface area contributed by atoms with Crippen molar-refractivity contribution in [3.8, 4) is 0 Å². The van der Waals surface area contributed by atoms with Crippen molar-refractivity contribution in [2.24, 2.45) is 0 Å². The van der Waals surface area contributed by atoms with Crippen LogP contribution >= 0.6 is 0 Å². The van der Waals surface area contributed by atoms with E-state index in [1.54, 1.807) is 26.2 Å². The van der Waals surface area contributed by atoms with Gasteiger partial charge < -0.3 is 15.0 Å². The molecule has 0 radical (unpaired) electrons. The molecule has 0 aliphatic rings. The Morgan fingerprint density at radius 1 is 1.20 bits per heavy atom. The van der Waals surface area contributed by atoms with Crippen LogP contribution in [0, 0.1) is 0 Å². The Kier molecular flexibility index (Phi) is 6.81. The maximum Gasteiger partial charge on any atom is 0.405 e. The largest absolute Gasteiger partial charge is 0.405 e. The minimum absolute atomic E-state index is 0.324. The summed E-state index contributed by atoms with van der Waals surface area (Å²) in [5.74, 6) is 0. The zero-order chi connectivity index (χ0) is 15.0. The molecule has 1 aromatic rings. The van der Waals surface area contributed by atoms with Crippen LogP contribution in [0.25, 0.3) is 0 Å². The van der Waals surface area contributed by atoms with Crippen LogP contribution in [0.1, 0.15) is 12.5 Å². The quantitative estimate of drug-likeness (QED) is 0.745. The standard InChI is InChI=1S/C14H21F3N2O/c1-3-19(11-14(15,16)17)13-6-4-12(5-7-13)10-18-8-9-20-2/h4-7,18H,3,8-11H2,1-2H3. The summed E-state index contributed by atoms with van der Waals surface area (Å²) in [6, 6.07) is 7.13. The zero-order valence-corrected chi connectivity index (χ0v) is 11.8. The van der Waals surface area contributed by atoms with E-state index in [0.717, 1.165) is 12.1 Å². The van der Waals surface area contributed by atoms with E-state index < -0.39 is 12.7 Å². The molecule has 0 saturated carbocycles. The van der Waals surface area contributed by atoms with Gasteiger partial charge in [0.25, 0.3) is 0 Å². The summed E-state index contributed by atoms with van der Waals surface area (Å²) in [5.41, 5.74) is 1.62. The summed E-state index contributed by atoms with van der Waals surface area (Å²) in [7, 11) is 1.64. The van der Waals surface area contributed by atoms with Gasteiger partial charge in [0, 0.05) is 32.4 Å². The number of hydrogen-bond acceptors (Lipinski definition) is 3. The summed E-state index contributed by atoms with van der Waals surface area (Å²) in [6.07, 6.45) is -4.18. The van der Waals surface area contributed by atoms with Crippen LogP contribution in [-0.2, 0) is 11.3 Å². The number of rotatable bonds is 8. The van der Waals surface area contributed by atoms with Gasteiger partial charge in [0.15, 0.2) is 0 Å². The highest BCUT2D eigenvalue weighted by molar-refractivity contribution is 5.47. The molecule has 0 bridgehead atoms. The molecule has 6 heteroatoms. The second-order valence-electron chi connectivity index (χ2n) is 4.47. The number of ether oxygens (including phenoxy) is 1. The summed E-state index contributed by atoms with van der Waals surface area (Å²) in [4.78, 5) is 1.31. The molecule has 0 fully saturated rings. The molecule has 0 aliphatic carbocycles. The highest BCUT2D eigenvalue weighted by atomic mass is 19.4. The van der Waals surface area contributed by atoms with Crippen LogP contribution in [0.3, 0.4) is 0 Å². The van der Waals surface area contributed by atoms with Crippen molar-refractivity contribution < 1.29 is 17.9 Å². The lowest BCUT2D eigenvalue weighted by Crippen LogP contribution is -2.34. The van der Waals surface area contributed by atoms with Gasteiger partial charge in [-0.3, -0.25) is 0 Å². The van der Waals surface area contributed by atoms with Crippen LogP contribution in [-0.4, -0.2) is 39.5 Å². The van der Waals surface area contributed by atoms with Crippen molar-refractivity contribution >= 4 is 5.69 Å². The topological polar surface area (TPSA) is 24.5 Å². The van der Waals surface area contributed by atoms with Crippen molar-refractivity contribution in [2.45, 2.75) is 19.6 Å². The van der Waals surface area contributed by atoms with E-state index in [1.807, 2.05) is 12.1 Å². The van der Waals surface area contributed by atoms with Crippen molar-refractivity contribution in [2.75, 3.05) is 38.3 Å². The Morgan fingerprint density at radius 2 is 1.85 bits per heavy atom. The van der Waals surface area contributed by atoms with Gasteiger partial charge >= 0.3 is 6.18 Å². The van der Waals surface area contributed by atoms with Gasteiger partial charge in [0.05, 0.1) is 6.61 Å². The predicted octanol–water partition coefficient (Wildman–Crippen LogP) is 2.81. The third-order valence-electron chi connectivity index (χ3n) is 2.87. The lowest BCUT2D eigenvalue weighted by atomic mass is 10.2. The molecule has 3 nitrogen and oxygen atoms in total. The molecular weight excluding hydrogens is 269 g/mol. The molecule has 0 spiro atoms. The first-order valence-electron chi connectivity index (χ1n) is 6.56. The van der Waals surface area contributed by atoms with Crippen LogP contribution in [0.4, 0.5) is 18.9 Å². The Bertz CT molecular complexity index is 379. The van der Waals surface area contributed by atoms with Gasteiger partial charge in [-0.05, 0) is 24.6 Å². The molecular formula is C14H21F3N2O. The number of benzene rings is 1. The number of nitrogens with one attached hydrogen (secondary N) is 1.